The molecule has 5 heteroatoms. The SMILES string of the molecule is O=C(O)c1ccc(Br)c(N2CC3(CCOCC3)C2)c1. The quantitative estimate of drug-likeness (QED) is 0.908. The van der Waals surface area contributed by atoms with Crippen LogP contribution in [0.1, 0.15) is 23.2 Å². The number of benzene rings is 1. The Morgan fingerprint density at radius 2 is 2.00 bits per heavy atom. The number of hydrogen-bond acceptors (Lipinski definition) is 3. The van der Waals surface area contributed by atoms with Gasteiger partial charge in [0, 0.05) is 36.2 Å². The Labute approximate surface area is 120 Å². The molecule has 4 nitrogen and oxygen atoms in total. The van der Waals surface area contributed by atoms with E-state index in [9.17, 15) is 4.79 Å². The van der Waals surface area contributed by atoms with Crippen LogP contribution >= 0.6 is 15.9 Å². The normalized spacial score (nSPS) is 21.2. The molecule has 0 unspecified atom stereocenters. The Bertz CT molecular complexity index is 503. The maximum Gasteiger partial charge on any atom is 0.335 e. The van der Waals surface area contributed by atoms with Crippen LogP contribution in [0.25, 0.3) is 0 Å². The zero-order valence-electron chi connectivity index (χ0n) is 10.6. The Morgan fingerprint density at radius 1 is 1.32 bits per heavy atom. The van der Waals surface area contributed by atoms with Crippen LogP contribution in [0.3, 0.4) is 0 Å². The number of rotatable bonds is 2. The molecule has 1 spiro atoms. The van der Waals surface area contributed by atoms with Crippen molar-refractivity contribution in [2.24, 2.45) is 5.41 Å². The van der Waals surface area contributed by atoms with Gasteiger partial charge in [-0.25, -0.2) is 4.79 Å². The molecule has 1 N–H and O–H groups in total. The lowest BCUT2D eigenvalue weighted by Crippen LogP contribution is -2.58. The van der Waals surface area contributed by atoms with Crippen molar-refractivity contribution in [1.29, 1.82) is 0 Å². The van der Waals surface area contributed by atoms with E-state index < -0.39 is 5.97 Å². The average Bonchev–Trinajstić information content (AvgIpc) is 2.37. The summed E-state index contributed by atoms with van der Waals surface area (Å²) >= 11 is 3.51. The first-order chi connectivity index (χ1) is 9.10. The average molecular weight is 326 g/mol. The van der Waals surface area contributed by atoms with Crippen molar-refractivity contribution in [1.82, 2.24) is 0 Å². The van der Waals surface area contributed by atoms with Gasteiger partial charge in [-0.1, -0.05) is 0 Å². The Hall–Kier alpha value is -1.07. The lowest BCUT2D eigenvalue weighted by Gasteiger charge is -2.53. The summed E-state index contributed by atoms with van der Waals surface area (Å²) in [5.74, 6) is -0.880. The standard InChI is InChI=1S/C14H16BrNO3/c15-11-2-1-10(13(17)18)7-12(11)16-8-14(9-16)3-5-19-6-4-14/h1-2,7H,3-6,8-9H2,(H,17,18). The molecule has 1 aromatic carbocycles. The highest BCUT2D eigenvalue weighted by atomic mass is 79.9. The Morgan fingerprint density at radius 3 is 2.63 bits per heavy atom. The molecule has 0 aromatic heterocycles. The third-order valence-corrected chi connectivity index (χ3v) is 4.81. The van der Waals surface area contributed by atoms with E-state index in [1.54, 1.807) is 12.1 Å². The number of nitrogens with zero attached hydrogens (tertiary/aromatic N) is 1. The Kier molecular flexibility index (Phi) is 3.27. The predicted molar refractivity (Wildman–Crippen MR) is 75.8 cm³/mol. The summed E-state index contributed by atoms with van der Waals surface area (Å²) in [6, 6.07) is 5.19. The maximum absolute atomic E-state index is 11.0. The molecule has 0 saturated carbocycles. The van der Waals surface area contributed by atoms with E-state index in [0.717, 1.165) is 49.3 Å². The smallest absolute Gasteiger partial charge is 0.335 e. The molecule has 0 aliphatic carbocycles. The molecule has 2 heterocycles. The maximum atomic E-state index is 11.0. The van der Waals surface area contributed by atoms with Crippen LogP contribution in [0.15, 0.2) is 22.7 Å². The molecule has 102 valence electrons. The second kappa shape index (κ2) is 4.80. The first-order valence-corrected chi connectivity index (χ1v) is 7.25. The molecule has 19 heavy (non-hydrogen) atoms. The van der Waals surface area contributed by atoms with Crippen LogP contribution in [0.2, 0.25) is 0 Å². The summed E-state index contributed by atoms with van der Waals surface area (Å²) in [5, 5.41) is 9.06. The zero-order chi connectivity index (χ0) is 13.5. The highest BCUT2D eigenvalue weighted by Gasteiger charge is 2.44. The van der Waals surface area contributed by atoms with Crippen LogP contribution in [0.4, 0.5) is 5.69 Å². The number of halogens is 1. The van der Waals surface area contributed by atoms with Crippen molar-refractivity contribution in [3.8, 4) is 0 Å². The van der Waals surface area contributed by atoms with Gasteiger partial charge >= 0.3 is 5.97 Å². The van der Waals surface area contributed by atoms with E-state index >= 15 is 0 Å². The molecule has 2 aliphatic rings. The van der Waals surface area contributed by atoms with Gasteiger partial charge in [-0.2, -0.15) is 0 Å². The number of hydrogen-bond donors (Lipinski definition) is 1. The highest BCUT2D eigenvalue weighted by molar-refractivity contribution is 9.10. The van der Waals surface area contributed by atoms with Crippen molar-refractivity contribution in [2.45, 2.75) is 12.8 Å². The molecule has 1 aromatic rings. The van der Waals surface area contributed by atoms with Gasteiger partial charge in [0.2, 0.25) is 0 Å². The fourth-order valence-corrected chi connectivity index (χ4v) is 3.44. The number of carbonyl (C=O) groups is 1. The zero-order valence-corrected chi connectivity index (χ0v) is 12.1. The van der Waals surface area contributed by atoms with Crippen LogP contribution in [-0.2, 0) is 4.74 Å². The van der Waals surface area contributed by atoms with Crippen molar-refractivity contribution in [2.75, 3.05) is 31.2 Å². The molecule has 3 rings (SSSR count). The number of carboxylic acids is 1. The fourth-order valence-electron chi connectivity index (χ4n) is 2.94. The topological polar surface area (TPSA) is 49.8 Å². The van der Waals surface area contributed by atoms with Gasteiger partial charge in [0.1, 0.15) is 0 Å². The van der Waals surface area contributed by atoms with E-state index in [2.05, 4.69) is 20.8 Å². The summed E-state index contributed by atoms with van der Waals surface area (Å²) in [6.07, 6.45) is 2.22. The van der Waals surface area contributed by atoms with Crippen LogP contribution < -0.4 is 4.90 Å². The van der Waals surface area contributed by atoms with E-state index in [4.69, 9.17) is 9.84 Å². The third-order valence-electron chi connectivity index (χ3n) is 4.14. The summed E-state index contributed by atoms with van der Waals surface area (Å²) in [7, 11) is 0. The number of aromatic carboxylic acids is 1. The number of anilines is 1. The van der Waals surface area contributed by atoms with Gasteiger partial charge in [0.05, 0.1) is 11.3 Å². The third kappa shape index (κ3) is 2.37. The van der Waals surface area contributed by atoms with E-state index in [1.165, 1.54) is 0 Å². The number of ether oxygens (including phenoxy) is 1. The van der Waals surface area contributed by atoms with Gasteiger partial charge in [-0.15, -0.1) is 0 Å². The fraction of sp³-hybridized carbons (Fsp3) is 0.500. The van der Waals surface area contributed by atoms with Gasteiger partial charge in [-0.05, 0) is 47.0 Å². The lowest BCUT2D eigenvalue weighted by atomic mass is 9.73. The molecule has 0 atom stereocenters. The largest absolute Gasteiger partial charge is 0.478 e. The minimum Gasteiger partial charge on any atom is -0.478 e. The van der Waals surface area contributed by atoms with Crippen molar-refractivity contribution in [3.05, 3.63) is 28.2 Å². The molecule has 0 bridgehead atoms. The first-order valence-electron chi connectivity index (χ1n) is 6.45. The Balaban J connectivity index is 1.77. The van der Waals surface area contributed by atoms with Crippen molar-refractivity contribution in [3.63, 3.8) is 0 Å². The minimum absolute atomic E-state index is 0.339. The van der Waals surface area contributed by atoms with Gasteiger partial charge in [0.25, 0.3) is 0 Å². The second-order valence-corrected chi connectivity index (χ2v) is 6.29. The number of carboxylic acid groups (broad SMARTS) is 1. The van der Waals surface area contributed by atoms with Gasteiger partial charge in [-0.3, -0.25) is 0 Å². The molecule has 0 radical (unpaired) electrons. The van der Waals surface area contributed by atoms with Crippen LogP contribution in [0, 0.1) is 5.41 Å². The van der Waals surface area contributed by atoms with Crippen LogP contribution in [0.5, 0.6) is 0 Å². The highest BCUT2D eigenvalue weighted by Crippen LogP contribution is 2.44. The molecule has 0 amide bonds. The summed E-state index contributed by atoms with van der Waals surface area (Å²) in [4.78, 5) is 13.3. The second-order valence-electron chi connectivity index (χ2n) is 5.44. The molecular weight excluding hydrogens is 310 g/mol. The van der Waals surface area contributed by atoms with Crippen LogP contribution in [-0.4, -0.2) is 37.4 Å². The first kappa shape index (κ1) is 12.9. The summed E-state index contributed by atoms with van der Waals surface area (Å²) < 4.78 is 6.37. The summed E-state index contributed by atoms with van der Waals surface area (Å²) in [6.45, 7) is 3.70. The van der Waals surface area contributed by atoms with E-state index in [0.29, 0.717) is 11.0 Å². The summed E-state index contributed by atoms with van der Waals surface area (Å²) in [5.41, 5.74) is 1.71. The van der Waals surface area contributed by atoms with Gasteiger partial charge in [0.15, 0.2) is 0 Å². The van der Waals surface area contributed by atoms with Crippen molar-refractivity contribution < 1.29 is 14.6 Å². The monoisotopic (exact) mass is 325 g/mol. The molecule has 2 saturated heterocycles. The van der Waals surface area contributed by atoms with E-state index in [1.807, 2.05) is 6.07 Å². The minimum atomic E-state index is -0.880. The van der Waals surface area contributed by atoms with Gasteiger partial charge < -0.3 is 14.7 Å². The molecular formula is C14H16BrNO3. The predicted octanol–water partition coefficient (Wildman–Crippen LogP) is 2.76. The van der Waals surface area contributed by atoms with E-state index in [-0.39, 0.29) is 0 Å². The lowest BCUT2D eigenvalue weighted by molar-refractivity contribution is -0.000234. The van der Waals surface area contributed by atoms with Crippen molar-refractivity contribution >= 4 is 27.6 Å². The molecule has 2 aliphatic heterocycles. The molecule has 2 fully saturated rings.